The highest BCUT2D eigenvalue weighted by Gasteiger charge is 2.40. The van der Waals surface area contributed by atoms with Gasteiger partial charge in [0.1, 0.15) is 0 Å². The van der Waals surface area contributed by atoms with Crippen molar-refractivity contribution in [2.24, 2.45) is 0 Å². The summed E-state index contributed by atoms with van der Waals surface area (Å²) in [5.41, 5.74) is 55.3. The molecule has 0 aromatic heterocycles. The number of carbonyl (C=O) groups excluding carboxylic acids is 3. The van der Waals surface area contributed by atoms with Crippen molar-refractivity contribution in [2.75, 3.05) is 33.2 Å². The minimum Gasteiger partial charge on any atom is -0.398 e. The second-order valence-electron chi connectivity index (χ2n) is 34.1. The smallest absolute Gasteiger partial charge is 0.255 e. The van der Waals surface area contributed by atoms with Crippen molar-refractivity contribution in [1.29, 1.82) is 0 Å². The number of carbonyl (C=O) groups is 3. The lowest BCUT2D eigenvalue weighted by Gasteiger charge is -2.40. The summed E-state index contributed by atoms with van der Waals surface area (Å²) in [6.07, 6.45) is 21.9. The number of nitrogens with one attached hydrogen (secondary N) is 3. The number of amides is 3. The fraction of sp³-hybridized carbons (Fsp3) is 0.382. The molecule has 3 aliphatic rings. The molecule has 9 N–H and O–H groups in total. The molecule has 0 aliphatic heterocycles. The first-order valence-electron chi connectivity index (χ1n) is 41.6. The van der Waals surface area contributed by atoms with Crippen LogP contribution in [0.2, 0.25) is 0 Å². The third-order valence-electron chi connectivity index (χ3n) is 25.8. The number of hydrogen-bond donors (Lipinski definition) is 6. The van der Waals surface area contributed by atoms with Gasteiger partial charge in [0.2, 0.25) is 0 Å². The maximum Gasteiger partial charge on any atom is 0.255 e. The molecule has 0 radical (unpaired) electrons. The topological polar surface area (TPSA) is 165 Å². The van der Waals surface area contributed by atoms with E-state index in [-0.39, 0.29) is 34.0 Å². The van der Waals surface area contributed by atoms with Crippen LogP contribution >= 0.6 is 0 Å². The highest BCUT2D eigenvalue weighted by atomic mass is 16.2. The zero-order valence-corrected chi connectivity index (χ0v) is 69.2. The lowest BCUT2D eigenvalue weighted by molar-refractivity contribution is 0.101. The number of anilines is 6. The Kier molecular flexibility index (Phi) is 23.3. The van der Waals surface area contributed by atoms with Gasteiger partial charge in [-0.05, 0) is 346 Å². The summed E-state index contributed by atoms with van der Waals surface area (Å²) in [4.78, 5) is 46.0. The first-order chi connectivity index (χ1) is 53.1. The van der Waals surface area contributed by atoms with Gasteiger partial charge in [-0.25, -0.2) is 0 Å². The molecular formula is C102H120N6O3. The van der Waals surface area contributed by atoms with Crippen LogP contribution < -0.4 is 33.2 Å². The van der Waals surface area contributed by atoms with E-state index in [2.05, 4.69) is 247 Å². The van der Waals surface area contributed by atoms with E-state index < -0.39 is 0 Å². The zero-order chi connectivity index (χ0) is 79.0. The number of rotatable bonds is 21. The summed E-state index contributed by atoms with van der Waals surface area (Å²) < 4.78 is 0. The molecule has 0 unspecified atom stereocenters. The van der Waals surface area contributed by atoms with Crippen molar-refractivity contribution in [1.82, 2.24) is 0 Å². The van der Waals surface area contributed by atoms with Gasteiger partial charge in [0.25, 0.3) is 17.7 Å². The van der Waals surface area contributed by atoms with Crippen LogP contribution in [-0.2, 0) is 35.5 Å². The van der Waals surface area contributed by atoms with E-state index in [1.165, 1.54) is 52.6 Å². The molecule has 3 saturated carbocycles. The van der Waals surface area contributed by atoms with E-state index in [9.17, 15) is 0 Å². The minimum absolute atomic E-state index is 0.155. The SMILES string of the molecule is CCCc1cc(C(=O)Nc2c(C)cc(C3(c4cc(C)c(N)c(C)c4)CCCCC3)cc2C)cc(-c2cc(-c3cc(CCC)cc(C(=O)Nc4c(C)cc(C5(c6cc(C)c(N)c(C)c6)CCCCC5)cc4C)c3)cc(-c3cc(CCC)cc(C(=O)Nc4c(C)cc(C5(c6cc(C)c(N)c(C)c6)CCCCC5)cc4C)c3)c2)c1. The Bertz CT molecular complexity index is 4590. The van der Waals surface area contributed by atoms with Crippen LogP contribution in [0.4, 0.5) is 34.1 Å². The standard InChI is InChI=1S/C102H120N6O3/c1-16-28-73-49-76(58-82(52-73)97(109)106-94-67(10)43-88(44-68(94)11)100(31-22-19-23-32-100)85-37-61(4)91(103)62(5)38-85)79-55-80(77-50-74(29-17-2)53-83(59-77)98(110)107-95-69(12)45-89(46-70(95)13)101(33-24-20-25-34-101)86-39-63(6)92(104)64(7)40-86)57-81(56-79)78-51-75(30-18-3)54-84(60-78)99(111)108-96-71(14)47-90(48-72(96)15)102(35-26-21-27-36-102)87-41-65(8)93(105)66(9)42-87/h37-60H,16-36,103-105H2,1-15H3,(H,106,109)(H,107,110)(H,108,111). The minimum atomic E-state index is -0.173. The molecule has 576 valence electrons. The Morgan fingerprint density at radius 1 is 0.261 bits per heavy atom. The summed E-state index contributed by atoms with van der Waals surface area (Å²) in [6, 6.07) is 53.5. The molecule has 3 amide bonds. The Morgan fingerprint density at radius 3 is 0.649 bits per heavy atom. The second-order valence-corrected chi connectivity index (χ2v) is 34.1. The quantitative estimate of drug-likeness (QED) is 0.0392. The molecule has 3 aliphatic carbocycles. The fourth-order valence-electron chi connectivity index (χ4n) is 19.7. The molecule has 0 spiro atoms. The first-order valence-corrected chi connectivity index (χ1v) is 41.6. The number of nitrogens with two attached hydrogens (primary N) is 3. The third-order valence-corrected chi connectivity index (χ3v) is 25.8. The summed E-state index contributed by atoms with van der Waals surface area (Å²) in [6.45, 7) is 32.1. The van der Waals surface area contributed by atoms with Crippen molar-refractivity contribution in [2.45, 2.75) is 255 Å². The highest BCUT2D eigenvalue weighted by molar-refractivity contribution is 6.08. The molecule has 111 heavy (non-hydrogen) atoms. The maximum absolute atomic E-state index is 15.3. The van der Waals surface area contributed by atoms with Crippen LogP contribution in [0, 0.1) is 83.1 Å². The lowest BCUT2D eigenvalue weighted by atomic mass is 9.64. The Hall–Kier alpha value is -9.99. The molecule has 0 heterocycles. The van der Waals surface area contributed by atoms with Crippen LogP contribution in [0.5, 0.6) is 0 Å². The van der Waals surface area contributed by atoms with Crippen molar-refractivity contribution < 1.29 is 14.4 Å². The predicted molar refractivity (Wildman–Crippen MR) is 469 cm³/mol. The van der Waals surface area contributed by atoms with E-state index in [0.717, 1.165) is 267 Å². The van der Waals surface area contributed by atoms with Gasteiger partial charge in [-0.15, -0.1) is 0 Å². The second kappa shape index (κ2) is 32.8. The van der Waals surface area contributed by atoms with Gasteiger partial charge in [-0.1, -0.05) is 189 Å². The molecule has 0 bridgehead atoms. The largest absolute Gasteiger partial charge is 0.398 e. The van der Waals surface area contributed by atoms with Crippen molar-refractivity contribution in [3.05, 3.63) is 279 Å². The van der Waals surface area contributed by atoms with E-state index in [1.54, 1.807) is 0 Å². The number of hydrogen-bond acceptors (Lipinski definition) is 6. The average molecular weight is 1480 g/mol. The van der Waals surface area contributed by atoms with Crippen LogP contribution in [0.25, 0.3) is 33.4 Å². The average Bonchev–Trinajstić information content (AvgIpc) is 0.764. The number of benzene rings is 10. The molecule has 13 rings (SSSR count). The van der Waals surface area contributed by atoms with Crippen molar-refractivity contribution in [3.63, 3.8) is 0 Å². The summed E-state index contributed by atoms with van der Waals surface area (Å²) in [5.74, 6) is -0.518. The van der Waals surface area contributed by atoms with Gasteiger partial charge < -0.3 is 33.2 Å². The molecule has 3 fully saturated rings. The third kappa shape index (κ3) is 16.0. The number of aryl methyl sites for hydroxylation is 15. The van der Waals surface area contributed by atoms with Gasteiger partial charge in [0, 0.05) is 67.1 Å². The molecular weight excluding hydrogens is 1360 g/mol. The summed E-state index contributed by atoms with van der Waals surface area (Å²) >= 11 is 0. The van der Waals surface area contributed by atoms with Gasteiger partial charge in [0.15, 0.2) is 0 Å². The molecule has 10 aromatic carbocycles. The zero-order valence-electron chi connectivity index (χ0n) is 69.2. The Morgan fingerprint density at radius 2 is 0.450 bits per heavy atom. The molecule has 0 saturated heterocycles. The maximum atomic E-state index is 15.3. The molecule has 10 aromatic rings. The monoisotopic (exact) mass is 1480 g/mol. The normalized spacial score (nSPS) is 15.3. The molecule has 9 nitrogen and oxygen atoms in total. The van der Waals surface area contributed by atoms with Crippen molar-refractivity contribution in [3.8, 4) is 33.4 Å². The fourth-order valence-corrected chi connectivity index (χ4v) is 19.7. The Balaban J connectivity index is 0.902. The van der Waals surface area contributed by atoms with Gasteiger partial charge in [0.05, 0.1) is 0 Å². The van der Waals surface area contributed by atoms with Crippen LogP contribution in [0.3, 0.4) is 0 Å². The molecule has 9 heteroatoms. The predicted octanol–water partition coefficient (Wildman–Crippen LogP) is 25.5. The summed E-state index contributed by atoms with van der Waals surface area (Å²) in [5, 5.41) is 10.4. The van der Waals surface area contributed by atoms with Crippen LogP contribution in [-0.4, -0.2) is 17.7 Å². The summed E-state index contributed by atoms with van der Waals surface area (Å²) in [7, 11) is 0. The van der Waals surface area contributed by atoms with Crippen molar-refractivity contribution >= 4 is 51.8 Å². The van der Waals surface area contributed by atoms with E-state index in [1.807, 2.05) is 18.2 Å². The molecule has 0 atom stereocenters. The first kappa shape index (κ1) is 79.1. The van der Waals surface area contributed by atoms with E-state index in [4.69, 9.17) is 17.2 Å². The van der Waals surface area contributed by atoms with E-state index in [0.29, 0.717) is 16.7 Å². The van der Waals surface area contributed by atoms with Crippen LogP contribution in [0.1, 0.15) is 284 Å². The number of nitrogen functional groups attached to an aromatic ring is 3. The van der Waals surface area contributed by atoms with E-state index >= 15 is 14.4 Å². The Labute approximate surface area is 662 Å². The van der Waals surface area contributed by atoms with Gasteiger partial charge >= 0.3 is 0 Å². The van der Waals surface area contributed by atoms with Gasteiger partial charge in [-0.2, -0.15) is 0 Å². The highest BCUT2D eigenvalue weighted by Crippen LogP contribution is 2.51. The van der Waals surface area contributed by atoms with Crippen LogP contribution in [0.15, 0.2) is 146 Å². The van der Waals surface area contributed by atoms with Gasteiger partial charge in [-0.3, -0.25) is 14.4 Å². The lowest BCUT2D eigenvalue weighted by Crippen LogP contribution is -2.31.